The van der Waals surface area contributed by atoms with E-state index in [-0.39, 0.29) is 0 Å². The van der Waals surface area contributed by atoms with Crippen molar-refractivity contribution in [3.63, 3.8) is 0 Å². The second-order valence-corrected chi connectivity index (χ2v) is 6.34. The zero-order chi connectivity index (χ0) is 14.9. The average molecular weight is 312 g/mol. The molecule has 0 bridgehead atoms. The molecule has 3 nitrogen and oxygen atoms in total. The summed E-state index contributed by atoms with van der Waals surface area (Å²) in [7, 11) is 0. The summed E-state index contributed by atoms with van der Waals surface area (Å²) in [6.07, 6.45) is 7.74. The maximum Gasteiger partial charge on any atom is 0.0756 e. The van der Waals surface area contributed by atoms with Crippen LogP contribution in [0.25, 0.3) is 5.57 Å². The molecule has 0 spiro atoms. The van der Waals surface area contributed by atoms with E-state index in [0.29, 0.717) is 5.02 Å². The summed E-state index contributed by atoms with van der Waals surface area (Å²) < 4.78 is 0. The highest BCUT2D eigenvalue weighted by Crippen LogP contribution is 2.36. The number of rotatable bonds is 0. The first kappa shape index (κ1) is 13.9. The summed E-state index contributed by atoms with van der Waals surface area (Å²) in [5, 5.41) is 4.15. The van der Waals surface area contributed by atoms with Crippen molar-refractivity contribution in [1.29, 1.82) is 0 Å². The number of aromatic nitrogens is 2. The minimum absolute atomic E-state index is 0.715. The normalized spacial score (nSPS) is 17.7. The number of hydrogen-bond acceptors (Lipinski definition) is 3. The molecule has 1 aliphatic heterocycles. The fourth-order valence-electron chi connectivity index (χ4n) is 3.46. The Morgan fingerprint density at radius 1 is 0.955 bits per heavy atom. The molecule has 0 amide bonds. The molecule has 1 fully saturated rings. The average Bonchev–Trinajstić information content (AvgIpc) is 2.72. The van der Waals surface area contributed by atoms with Gasteiger partial charge in [0.05, 0.1) is 16.4 Å². The van der Waals surface area contributed by atoms with E-state index in [1.54, 1.807) is 6.20 Å². The highest BCUT2D eigenvalue weighted by Gasteiger charge is 2.24. The maximum absolute atomic E-state index is 6.17. The van der Waals surface area contributed by atoms with Crippen LogP contribution in [0.4, 0.5) is 0 Å². The molecule has 1 saturated heterocycles. The van der Waals surface area contributed by atoms with Gasteiger partial charge in [-0.3, -0.25) is 9.97 Å². The lowest BCUT2D eigenvalue weighted by atomic mass is 9.92. The van der Waals surface area contributed by atoms with E-state index in [2.05, 4.69) is 22.4 Å². The second-order valence-electron chi connectivity index (χ2n) is 5.90. The van der Waals surface area contributed by atoms with Gasteiger partial charge >= 0.3 is 0 Å². The molecule has 1 aliphatic carbocycles. The Bertz CT molecular complexity index is 744. The smallest absolute Gasteiger partial charge is 0.0756 e. The highest BCUT2D eigenvalue weighted by atomic mass is 35.5. The number of piperidine rings is 1. The third kappa shape index (κ3) is 2.44. The Morgan fingerprint density at radius 3 is 2.59 bits per heavy atom. The molecule has 0 aromatic carbocycles. The van der Waals surface area contributed by atoms with E-state index in [0.717, 1.165) is 50.2 Å². The van der Waals surface area contributed by atoms with E-state index in [1.165, 1.54) is 22.3 Å². The molecular formula is C18H18ClN3. The van der Waals surface area contributed by atoms with Gasteiger partial charge in [-0.1, -0.05) is 23.2 Å². The van der Waals surface area contributed by atoms with Crippen molar-refractivity contribution in [3.05, 3.63) is 63.7 Å². The van der Waals surface area contributed by atoms with E-state index in [9.17, 15) is 0 Å². The first-order valence-electron chi connectivity index (χ1n) is 7.85. The van der Waals surface area contributed by atoms with Crippen LogP contribution >= 0.6 is 11.6 Å². The van der Waals surface area contributed by atoms with Gasteiger partial charge < -0.3 is 5.32 Å². The summed E-state index contributed by atoms with van der Waals surface area (Å²) in [4.78, 5) is 9.39. The molecular weight excluding hydrogens is 294 g/mol. The third-order valence-electron chi connectivity index (χ3n) is 4.52. The summed E-state index contributed by atoms with van der Waals surface area (Å²) in [5.74, 6) is 0. The number of aryl methyl sites for hydroxylation is 2. The fraction of sp³-hybridized carbons (Fsp3) is 0.333. The van der Waals surface area contributed by atoms with Gasteiger partial charge in [-0.25, -0.2) is 0 Å². The van der Waals surface area contributed by atoms with Crippen molar-refractivity contribution >= 4 is 17.2 Å². The second kappa shape index (κ2) is 5.82. The molecule has 112 valence electrons. The number of halogens is 1. The molecule has 0 saturated carbocycles. The Balaban J connectivity index is 1.98. The summed E-state index contributed by atoms with van der Waals surface area (Å²) in [6, 6.07) is 6.29. The lowest BCUT2D eigenvalue weighted by Crippen LogP contribution is -2.24. The largest absolute Gasteiger partial charge is 0.316 e. The lowest BCUT2D eigenvalue weighted by Gasteiger charge is -2.21. The molecule has 2 aliphatic rings. The molecule has 0 unspecified atom stereocenters. The molecule has 3 heterocycles. The van der Waals surface area contributed by atoms with Crippen molar-refractivity contribution < 1.29 is 0 Å². The van der Waals surface area contributed by atoms with Gasteiger partial charge in [-0.15, -0.1) is 0 Å². The Labute approximate surface area is 135 Å². The van der Waals surface area contributed by atoms with Crippen molar-refractivity contribution in [2.75, 3.05) is 13.1 Å². The molecule has 4 rings (SSSR count). The van der Waals surface area contributed by atoms with Crippen LogP contribution in [0.1, 0.15) is 35.4 Å². The van der Waals surface area contributed by atoms with Crippen LogP contribution in [0, 0.1) is 0 Å². The Kier molecular flexibility index (Phi) is 3.68. The minimum Gasteiger partial charge on any atom is -0.316 e. The van der Waals surface area contributed by atoms with Crippen molar-refractivity contribution in [3.8, 4) is 0 Å². The van der Waals surface area contributed by atoms with Crippen molar-refractivity contribution in [2.45, 2.75) is 25.7 Å². The molecule has 1 N–H and O–H groups in total. The predicted molar refractivity (Wildman–Crippen MR) is 89.0 cm³/mol. The van der Waals surface area contributed by atoms with Crippen LogP contribution in [0.5, 0.6) is 0 Å². The van der Waals surface area contributed by atoms with Crippen LogP contribution < -0.4 is 5.32 Å². The molecule has 0 radical (unpaired) electrons. The standard InChI is InChI=1S/C18H18ClN3/c19-15-10-14-4-3-13-2-1-7-21-17(13)16(18(14)22-11-15)12-5-8-20-9-6-12/h1-2,7,10-11,20H,3-6,8-9H2. The van der Waals surface area contributed by atoms with Gasteiger partial charge in [0.1, 0.15) is 0 Å². The summed E-state index contributed by atoms with van der Waals surface area (Å²) in [5.41, 5.74) is 7.48. The van der Waals surface area contributed by atoms with Crippen LogP contribution in [0.3, 0.4) is 0 Å². The molecule has 0 atom stereocenters. The molecule has 22 heavy (non-hydrogen) atoms. The molecule has 2 aromatic rings. The number of pyridine rings is 2. The van der Waals surface area contributed by atoms with E-state index in [4.69, 9.17) is 16.6 Å². The summed E-state index contributed by atoms with van der Waals surface area (Å²) >= 11 is 6.17. The van der Waals surface area contributed by atoms with Gasteiger partial charge in [0.2, 0.25) is 0 Å². The quantitative estimate of drug-likeness (QED) is 0.810. The Morgan fingerprint density at radius 2 is 1.73 bits per heavy atom. The number of nitrogens with zero attached hydrogens (tertiary/aromatic N) is 2. The van der Waals surface area contributed by atoms with Gasteiger partial charge in [0, 0.05) is 18.0 Å². The first-order chi connectivity index (χ1) is 10.8. The van der Waals surface area contributed by atoms with Gasteiger partial charge in [0.15, 0.2) is 0 Å². The SMILES string of the molecule is Clc1cnc2c(c1)CCc1cccnc1C2=C1CCNCC1. The van der Waals surface area contributed by atoms with Crippen LogP contribution in [0.15, 0.2) is 36.2 Å². The van der Waals surface area contributed by atoms with Crippen molar-refractivity contribution in [2.24, 2.45) is 0 Å². The summed E-state index contributed by atoms with van der Waals surface area (Å²) in [6.45, 7) is 2.06. The molecule has 4 heteroatoms. The van der Waals surface area contributed by atoms with E-state index >= 15 is 0 Å². The minimum atomic E-state index is 0.715. The van der Waals surface area contributed by atoms with E-state index in [1.807, 2.05) is 12.3 Å². The maximum atomic E-state index is 6.17. The topological polar surface area (TPSA) is 37.8 Å². The van der Waals surface area contributed by atoms with E-state index < -0.39 is 0 Å². The monoisotopic (exact) mass is 311 g/mol. The molecule has 2 aromatic heterocycles. The van der Waals surface area contributed by atoms with Gasteiger partial charge in [-0.2, -0.15) is 0 Å². The number of hydrogen-bond donors (Lipinski definition) is 1. The Hall–Kier alpha value is -1.71. The number of nitrogens with one attached hydrogen (secondary N) is 1. The van der Waals surface area contributed by atoms with Crippen molar-refractivity contribution in [1.82, 2.24) is 15.3 Å². The van der Waals surface area contributed by atoms with Gasteiger partial charge in [-0.05, 0) is 62.0 Å². The fourth-order valence-corrected chi connectivity index (χ4v) is 3.64. The number of fused-ring (bicyclic) bond motifs is 2. The van der Waals surface area contributed by atoms with Crippen LogP contribution in [-0.2, 0) is 12.8 Å². The van der Waals surface area contributed by atoms with Crippen LogP contribution in [0.2, 0.25) is 5.02 Å². The van der Waals surface area contributed by atoms with Crippen LogP contribution in [-0.4, -0.2) is 23.1 Å². The highest BCUT2D eigenvalue weighted by molar-refractivity contribution is 6.30. The zero-order valence-electron chi connectivity index (χ0n) is 12.4. The lowest BCUT2D eigenvalue weighted by molar-refractivity contribution is 0.611. The zero-order valence-corrected chi connectivity index (χ0v) is 13.2. The first-order valence-corrected chi connectivity index (χ1v) is 8.22. The van der Waals surface area contributed by atoms with Gasteiger partial charge in [0.25, 0.3) is 0 Å². The predicted octanol–water partition coefficient (Wildman–Crippen LogP) is 3.41. The third-order valence-corrected chi connectivity index (χ3v) is 4.73.